The van der Waals surface area contributed by atoms with Crippen molar-refractivity contribution in [2.24, 2.45) is 0 Å². The first kappa shape index (κ1) is 22.8. The summed E-state index contributed by atoms with van der Waals surface area (Å²) in [6, 6.07) is 23.2. The predicted octanol–water partition coefficient (Wildman–Crippen LogP) is 5.33. The number of nitrogens with one attached hydrogen (secondary N) is 1. The van der Waals surface area contributed by atoms with Crippen LogP contribution in [-0.2, 0) is 27.4 Å². The fourth-order valence-electron chi connectivity index (χ4n) is 3.14. The van der Waals surface area contributed by atoms with Gasteiger partial charge in [0.2, 0.25) is 0 Å². The lowest BCUT2D eigenvalue weighted by atomic mass is 10.1. The maximum atomic E-state index is 12.2. The molecule has 0 aliphatic carbocycles. The topological polar surface area (TPSA) is 64.6 Å². The lowest BCUT2D eigenvalue weighted by Crippen LogP contribution is -2.21. The first-order valence-electron chi connectivity index (χ1n) is 10.5. The number of amides is 1. The van der Waals surface area contributed by atoms with Crippen LogP contribution in [0.3, 0.4) is 0 Å². The summed E-state index contributed by atoms with van der Waals surface area (Å²) < 4.78 is 10.8. The number of hydrogen-bond acceptors (Lipinski definition) is 4. The zero-order chi connectivity index (χ0) is 22.8. The van der Waals surface area contributed by atoms with Gasteiger partial charge in [0.25, 0.3) is 5.91 Å². The first-order chi connectivity index (χ1) is 15.5. The van der Waals surface area contributed by atoms with Gasteiger partial charge in [-0.1, -0.05) is 67.6 Å². The molecule has 1 amide bonds. The van der Waals surface area contributed by atoms with Gasteiger partial charge in [-0.3, -0.25) is 4.79 Å². The summed E-state index contributed by atoms with van der Waals surface area (Å²) in [5, 5.41) is 2.83. The molecule has 5 nitrogen and oxygen atoms in total. The number of anilines is 1. The Labute approximate surface area is 188 Å². The van der Waals surface area contributed by atoms with Crippen molar-refractivity contribution in [2.45, 2.75) is 26.9 Å². The largest absolute Gasteiger partial charge is 0.489 e. The van der Waals surface area contributed by atoms with E-state index >= 15 is 0 Å². The van der Waals surface area contributed by atoms with Crippen molar-refractivity contribution < 1.29 is 19.1 Å². The maximum Gasteiger partial charge on any atom is 0.331 e. The van der Waals surface area contributed by atoms with Crippen LogP contribution >= 0.6 is 0 Å². The van der Waals surface area contributed by atoms with E-state index in [-0.39, 0.29) is 12.5 Å². The van der Waals surface area contributed by atoms with E-state index in [1.165, 1.54) is 6.08 Å². The number of hydrogen-bond donors (Lipinski definition) is 1. The van der Waals surface area contributed by atoms with Gasteiger partial charge < -0.3 is 14.8 Å². The zero-order valence-electron chi connectivity index (χ0n) is 18.3. The van der Waals surface area contributed by atoms with E-state index in [9.17, 15) is 9.59 Å². The van der Waals surface area contributed by atoms with Gasteiger partial charge in [0.1, 0.15) is 12.4 Å². The number of para-hydroxylation sites is 1. The van der Waals surface area contributed by atoms with Crippen LogP contribution in [0.15, 0.2) is 78.9 Å². The number of benzene rings is 3. The summed E-state index contributed by atoms with van der Waals surface area (Å²) in [4.78, 5) is 24.2. The average molecular weight is 430 g/mol. The second-order valence-corrected chi connectivity index (χ2v) is 7.30. The molecule has 32 heavy (non-hydrogen) atoms. The summed E-state index contributed by atoms with van der Waals surface area (Å²) in [6.07, 6.45) is 3.74. The molecule has 1 N–H and O–H groups in total. The van der Waals surface area contributed by atoms with Crippen molar-refractivity contribution in [3.63, 3.8) is 0 Å². The van der Waals surface area contributed by atoms with E-state index in [4.69, 9.17) is 9.47 Å². The van der Waals surface area contributed by atoms with E-state index in [1.54, 1.807) is 6.08 Å². The minimum Gasteiger partial charge on any atom is -0.489 e. The van der Waals surface area contributed by atoms with Gasteiger partial charge in [0.05, 0.1) is 0 Å². The van der Waals surface area contributed by atoms with Crippen LogP contribution in [0, 0.1) is 6.92 Å². The van der Waals surface area contributed by atoms with Crippen LogP contribution in [0.4, 0.5) is 5.69 Å². The Morgan fingerprint density at radius 3 is 2.41 bits per heavy atom. The van der Waals surface area contributed by atoms with Crippen LogP contribution < -0.4 is 10.1 Å². The average Bonchev–Trinajstić information content (AvgIpc) is 2.82. The lowest BCUT2D eigenvalue weighted by molar-refractivity contribution is -0.142. The molecular weight excluding hydrogens is 402 g/mol. The molecule has 0 saturated carbocycles. The minimum absolute atomic E-state index is 0.340. The Morgan fingerprint density at radius 2 is 1.69 bits per heavy atom. The number of esters is 1. The van der Waals surface area contributed by atoms with Crippen LogP contribution in [0.25, 0.3) is 6.08 Å². The van der Waals surface area contributed by atoms with Gasteiger partial charge in [-0.25, -0.2) is 4.79 Å². The van der Waals surface area contributed by atoms with Gasteiger partial charge in [0, 0.05) is 11.8 Å². The van der Waals surface area contributed by atoms with Crippen molar-refractivity contribution in [1.82, 2.24) is 0 Å². The summed E-state index contributed by atoms with van der Waals surface area (Å²) >= 11 is 0. The molecule has 3 aromatic rings. The molecule has 0 spiro atoms. The number of rotatable bonds is 9. The number of carbonyl (C=O) groups is 2. The smallest absolute Gasteiger partial charge is 0.331 e. The number of carbonyl (C=O) groups excluding carboxylic acids is 2. The molecule has 0 bridgehead atoms. The highest BCUT2D eigenvalue weighted by Gasteiger charge is 2.10. The summed E-state index contributed by atoms with van der Waals surface area (Å²) in [5.41, 5.74) is 4.71. The molecule has 0 atom stereocenters. The third kappa shape index (κ3) is 6.84. The zero-order valence-corrected chi connectivity index (χ0v) is 18.3. The monoisotopic (exact) mass is 429 g/mol. The molecule has 3 aromatic carbocycles. The normalized spacial score (nSPS) is 10.7. The van der Waals surface area contributed by atoms with Gasteiger partial charge in [-0.2, -0.15) is 0 Å². The third-order valence-corrected chi connectivity index (χ3v) is 4.89. The van der Waals surface area contributed by atoms with E-state index in [2.05, 4.69) is 5.32 Å². The third-order valence-electron chi connectivity index (χ3n) is 4.89. The Balaban J connectivity index is 1.45. The Hall–Kier alpha value is -3.86. The van der Waals surface area contributed by atoms with Gasteiger partial charge in [-0.15, -0.1) is 0 Å². The fourth-order valence-corrected chi connectivity index (χ4v) is 3.14. The van der Waals surface area contributed by atoms with Crippen LogP contribution in [0.5, 0.6) is 5.75 Å². The van der Waals surface area contributed by atoms with Crippen molar-refractivity contribution in [1.29, 1.82) is 0 Å². The quantitative estimate of drug-likeness (QED) is 0.369. The molecule has 0 aliphatic rings. The molecule has 0 fully saturated rings. The molecule has 0 aromatic heterocycles. The van der Waals surface area contributed by atoms with Gasteiger partial charge in [-0.05, 0) is 53.8 Å². The second-order valence-electron chi connectivity index (χ2n) is 7.30. The van der Waals surface area contributed by atoms with Crippen LogP contribution in [-0.4, -0.2) is 18.5 Å². The highest BCUT2D eigenvalue weighted by Crippen LogP contribution is 2.21. The standard InChI is InChI=1S/C27H27NO4/c1-3-23-11-7-8-20(2)27(23)28-25(29)19-32-26(30)17-14-21-12-15-24(16-13-21)31-18-22-9-5-4-6-10-22/h4-17H,3,18-19H2,1-2H3,(H,28,29)/b17-14+. The molecule has 3 rings (SSSR count). The van der Waals surface area contributed by atoms with Gasteiger partial charge >= 0.3 is 5.97 Å². The summed E-state index contributed by atoms with van der Waals surface area (Å²) in [6.45, 7) is 4.11. The SMILES string of the molecule is CCc1cccc(C)c1NC(=O)COC(=O)/C=C/c1ccc(OCc2ccccc2)cc1. The van der Waals surface area contributed by atoms with E-state index in [0.29, 0.717) is 6.61 Å². The van der Waals surface area contributed by atoms with E-state index in [1.807, 2.05) is 86.6 Å². The molecule has 0 aliphatic heterocycles. The highest BCUT2D eigenvalue weighted by atomic mass is 16.5. The van der Waals surface area contributed by atoms with Crippen molar-refractivity contribution in [2.75, 3.05) is 11.9 Å². The Bertz CT molecular complexity index is 1070. The molecule has 0 heterocycles. The molecule has 0 radical (unpaired) electrons. The van der Waals surface area contributed by atoms with E-state index in [0.717, 1.165) is 40.1 Å². The van der Waals surface area contributed by atoms with Crippen molar-refractivity contribution in [3.05, 3.63) is 101 Å². The first-order valence-corrected chi connectivity index (χ1v) is 10.5. The molecular formula is C27H27NO4. The molecule has 0 unspecified atom stereocenters. The van der Waals surface area contributed by atoms with Crippen molar-refractivity contribution >= 4 is 23.6 Å². The molecule has 164 valence electrons. The highest BCUT2D eigenvalue weighted by molar-refractivity contribution is 5.95. The summed E-state index contributed by atoms with van der Waals surface area (Å²) in [7, 11) is 0. The Kier molecular flexibility index (Phi) is 8.21. The van der Waals surface area contributed by atoms with Crippen LogP contribution in [0.1, 0.15) is 29.2 Å². The fraction of sp³-hybridized carbons (Fsp3) is 0.185. The number of ether oxygens (including phenoxy) is 2. The lowest BCUT2D eigenvalue weighted by Gasteiger charge is -2.12. The predicted molar refractivity (Wildman–Crippen MR) is 126 cm³/mol. The maximum absolute atomic E-state index is 12.2. The molecule has 0 saturated heterocycles. The van der Waals surface area contributed by atoms with E-state index < -0.39 is 5.97 Å². The number of aryl methyl sites for hydroxylation is 2. The van der Waals surface area contributed by atoms with Crippen LogP contribution in [0.2, 0.25) is 0 Å². The minimum atomic E-state index is -0.579. The van der Waals surface area contributed by atoms with Gasteiger partial charge in [0.15, 0.2) is 6.61 Å². The Morgan fingerprint density at radius 1 is 0.938 bits per heavy atom. The molecule has 5 heteroatoms. The van der Waals surface area contributed by atoms with Crippen molar-refractivity contribution in [3.8, 4) is 5.75 Å². The summed E-state index contributed by atoms with van der Waals surface area (Å²) in [5.74, 6) is -0.200. The second kappa shape index (κ2) is 11.5.